The zero-order valence-corrected chi connectivity index (χ0v) is 14.9. The molecule has 136 valence electrons. The van der Waals surface area contributed by atoms with Gasteiger partial charge in [0.05, 0.1) is 17.2 Å². The lowest BCUT2D eigenvalue weighted by atomic mass is 9.52. The molecule has 0 saturated heterocycles. The number of nitriles is 1. The van der Waals surface area contributed by atoms with Gasteiger partial charge in [0.25, 0.3) is 0 Å². The highest BCUT2D eigenvalue weighted by Gasteiger charge is 2.55. The molecule has 1 aromatic carbocycles. The Morgan fingerprint density at radius 2 is 2.04 bits per heavy atom. The van der Waals surface area contributed by atoms with Crippen molar-refractivity contribution < 1.29 is 9.90 Å². The van der Waals surface area contributed by atoms with E-state index < -0.39 is 5.60 Å². The Bertz CT molecular complexity index is 783. The van der Waals surface area contributed by atoms with E-state index in [2.05, 4.69) is 11.4 Å². The summed E-state index contributed by atoms with van der Waals surface area (Å²) in [5.74, 6) is 1.48. The van der Waals surface area contributed by atoms with Crippen molar-refractivity contribution in [2.75, 3.05) is 11.4 Å². The zero-order chi connectivity index (χ0) is 17.9. The molecule has 0 aromatic heterocycles. The maximum absolute atomic E-state index is 13.1. The van der Waals surface area contributed by atoms with Gasteiger partial charge in [-0.05, 0) is 86.5 Å². The van der Waals surface area contributed by atoms with Crippen LogP contribution < -0.4 is 10.2 Å². The van der Waals surface area contributed by atoms with Crippen LogP contribution in [0.1, 0.15) is 49.7 Å². The van der Waals surface area contributed by atoms with Crippen LogP contribution in [-0.2, 0) is 6.42 Å². The van der Waals surface area contributed by atoms with Gasteiger partial charge in [0.1, 0.15) is 0 Å². The number of nitrogens with zero attached hydrogens (tertiary/aromatic N) is 2. The standard InChI is InChI=1S/C21H25N3O2/c22-12-13-3-4-18-15(6-13)2-1-5-24(18)20(25)23-19-16-7-14-8-17(19)11-21(26,9-14)10-16/h3-4,6,14,16-17,19,26H,1-2,5,7-11H2,(H,23,25). The number of hydrogen-bond donors (Lipinski definition) is 2. The predicted molar refractivity (Wildman–Crippen MR) is 97.6 cm³/mol. The van der Waals surface area contributed by atoms with Crippen LogP contribution in [0, 0.1) is 29.1 Å². The number of anilines is 1. The molecule has 5 aliphatic rings. The van der Waals surface area contributed by atoms with Gasteiger partial charge in [-0.3, -0.25) is 4.90 Å². The number of amides is 2. The second-order valence-electron chi connectivity index (χ2n) is 8.88. The maximum atomic E-state index is 13.1. The van der Waals surface area contributed by atoms with Gasteiger partial charge in [0, 0.05) is 18.3 Å². The van der Waals surface area contributed by atoms with E-state index in [1.807, 2.05) is 17.0 Å². The van der Waals surface area contributed by atoms with Crippen molar-refractivity contribution >= 4 is 11.7 Å². The maximum Gasteiger partial charge on any atom is 0.322 e. The topological polar surface area (TPSA) is 76.4 Å². The molecule has 5 nitrogen and oxygen atoms in total. The van der Waals surface area contributed by atoms with Crippen LogP contribution in [-0.4, -0.2) is 29.3 Å². The molecular weight excluding hydrogens is 326 g/mol. The molecule has 4 aliphatic carbocycles. The fraction of sp³-hybridized carbons (Fsp3) is 0.619. The minimum absolute atomic E-state index is 0.0138. The van der Waals surface area contributed by atoms with Gasteiger partial charge in [-0.2, -0.15) is 5.26 Å². The molecule has 4 fully saturated rings. The quantitative estimate of drug-likeness (QED) is 0.817. The van der Waals surface area contributed by atoms with Crippen LogP contribution in [0.5, 0.6) is 0 Å². The molecular formula is C21H25N3O2. The highest BCUT2D eigenvalue weighted by molar-refractivity contribution is 5.93. The third-order valence-corrected chi connectivity index (χ3v) is 7.10. The fourth-order valence-electron chi connectivity index (χ4n) is 6.32. The molecule has 5 heteroatoms. The first-order chi connectivity index (χ1) is 12.5. The lowest BCUT2D eigenvalue weighted by Crippen LogP contribution is -2.63. The normalized spacial score (nSPS) is 37.2. The summed E-state index contributed by atoms with van der Waals surface area (Å²) in [6.07, 6.45) is 6.77. The molecule has 2 unspecified atom stereocenters. The number of aryl methyl sites for hydroxylation is 1. The Labute approximate surface area is 154 Å². The first-order valence-electron chi connectivity index (χ1n) is 9.88. The molecule has 4 saturated carbocycles. The highest BCUT2D eigenvalue weighted by atomic mass is 16.3. The minimum Gasteiger partial charge on any atom is -0.390 e. The van der Waals surface area contributed by atoms with Gasteiger partial charge in [-0.25, -0.2) is 4.79 Å². The molecule has 0 spiro atoms. The van der Waals surface area contributed by atoms with Crippen molar-refractivity contribution in [3.63, 3.8) is 0 Å². The lowest BCUT2D eigenvalue weighted by Gasteiger charge is -2.58. The molecule has 6 rings (SSSR count). The molecule has 4 bridgehead atoms. The number of urea groups is 1. The van der Waals surface area contributed by atoms with E-state index in [4.69, 9.17) is 5.26 Å². The molecule has 0 radical (unpaired) electrons. The van der Waals surface area contributed by atoms with Crippen LogP contribution >= 0.6 is 0 Å². The van der Waals surface area contributed by atoms with Crippen molar-refractivity contribution in [2.24, 2.45) is 17.8 Å². The van der Waals surface area contributed by atoms with Crippen molar-refractivity contribution in [1.82, 2.24) is 5.32 Å². The molecule has 1 aliphatic heterocycles. The van der Waals surface area contributed by atoms with Gasteiger partial charge in [0.2, 0.25) is 0 Å². The first-order valence-corrected chi connectivity index (χ1v) is 9.88. The Kier molecular flexibility index (Phi) is 3.55. The summed E-state index contributed by atoms with van der Waals surface area (Å²) in [6, 6.07) is 7.98. The number of carbonyl (C=O) groups is 1. The lowest BCUT2D eigenvalue weighted by molar-refractivity contribution is -0.136. The summed E-state index contributed by atoms with van der Waals surface area (Å²) in [7, 11) is 0. The van der Waals surface area contributed by atoms with Gasteiger partial charge < -0.3 is 10.4 Å². The van der Waals surface area contributed by atoms with Crippen molar-refractivity contribution in [3.8, 4) is 6.07 Å². The molecule has 2 atom stereocenters. The number of carbonyl (C=O) groups excluding carboxylic acids is 1. The second kappa shape index (κ2) is 5.72. The summed E-state index contributed by atoms with van der Waals surface area (Å²) in [5, 5.41) is 23.2. The van der Waals surface area contributed by atoms with E-state index >= 15 is 0 Å². The number of benzene rings is 1. The third kappa shape index (κ3) is 2.51. The summed E-state index contributed by atoms with van der Waals surface area (Å²) < 4.78 is 0. The van der Waals surface area contributed by atoms with E-state index in [9.17, 15) is 9.90 Å². The van der Waals surface area contributed by atoms with Gasteiger partial charge in [-0.1, -0.05) is 0 Å². The highest BCUT2D eigenvalue weighted by Crippen LogP contribution is 2.55. The Balaban J connectivity index is 1.35. The van der Waals surface area contributed by atoms with Crippen molar-refractivity contribution in [1.29, 1.82) is 5.26 Å². The summed E-state index contributed by atoms with van der Waals surface area (Å²) in [6.45, 7) is 0.722. The Hall–Kier alpha value is -2.06. The Morgan fingerprint density at radius 1 is 1.27 bits per heavy atom. The zero-order valence-electron chi connectivity index (χ0n) is 14.9. The first kappa shape index (κ1) is 16.1. The summed E-state index contributed by atoms with van der Waals surface area (Å²) in [5.41, 5.74) is 2.21. The monoisotopic (exact) mass is 351 g/mol. The van der Waals surface area contributed by atoms with Gasteiger partial charge in [-0.15, -0.1) is 0 Å². The predicted octanol–water partition coefficient (Wildman–Crippen LogP) is 2.96. The van der Waals surface area contributed by atoms with E-state index in [0.717, 1.165) is 62.7 Å². The number of nitrogens with one attached hydrogen (secondary N) is 1. The van der Waals surface area contributed by atoms with Crippen LogP contribution in [0.3, 0.4) is 0 Å². The molecule has 2 N–H and O–H groups in total. The van der Waals surface area contributed by atoms with Crippen LogP contribution in [0.4, 0.5) is 10.5 Å². The fourth-order valence-corrected chi connectivity index (χ4v) is 6.32. The SMILES string of the molecule is N#Cc1ccc2c(c1)CCCN2C(=O)NC1C2CC3CC1CC(O)(C3)C2. The van der Waals surface area contributed by atoms with Crippen LogP contribution in [0.2, 0.25) is 0 Å². The average molecular weight is 351 g/mol. The minimum atomic E-state index is -0.469. The largest absolute Gasteiger partial charge is 0.390 e. The number of fused-ring (bicyclic) bond motifs is 1. The van der Waals surface area contributed by atoms with E-state index in [1.54, 1.807) is 6.07 Å². The van der Waals surface area contributed by atoms with Crippen LogP contribution in [0.25, 0.3) is 0 Å². The number of rotatable bonds is 1. The van der Waals surface area contributed by atoms with Crippen LogP contribution in [0.15, 0.2) is 18.2 Å². The van der Waals surface area contributed by atoms with Crippen molar-refractivity contribution in [3.05, 3.63) is 29.3 Å². The number of hydrogen-bond acceptors (Lipinski definition) is 3. The molecule has 2 amide bonds. The molecule has 26 heavy (non-hydrogen) atoms. The van der Waals surface area contributed by atoms with E-state index in [-0.39, 0.29) is 12.1 Å². The van der Waals surface area contributed by atoms with E-state index in [0.29, 0.717) is 23.3 Å². The summed E-state index contributed by atoms with van der Waals surface area (Å²) in [4.78, 5) is 14.9. The molecule has 1 aromatic rings. The molecule has 1 heterocycles. The number of aliphatic hydroxyl groups is 1. The summed E-state index contributed by atoms with van der Waals surface area (Å²) >= 11 is 0. The van der Waals surface area contributed by atoms with E-state index in [1.165, 1.54) is 0 Å². The second-order valence-corrected chi connectivity index (χ2v) is 8.88. The smallest absolute Gasteiger partial charge is 0.322 e. The van der Waals surface area contributed by atoms with Gasteiger partial charge >= 0.3 is 6.03 Å². The van der Waals surface area contributed by atoms with Crippen molar-refractivity contribution in [2.45, 2.75) is 56.6 Å². The Morgan fingerprint density at radius 3 is 2.73 bits per heavy atom. The third-order valence-electron chi connectivity index (χ3n) is 7.10. The average Bonchev–Trinajstić information content (AvgIpc) is 2.62. The van der Waals surface area contributed by atoms with Gasteiger partial charge in [0.15, 0.2) is 0 Å².